The van der Waals surface area contributed by atoms with Gasteiger partial charge in [0.1, 0.15) is 12.6 Å². The van der Waals surface area contributed by atoms with E-state index in [1.54, 1.807) is 0 Å². The summed E-state index contributed by atoms with van der Waals surface area (Å²) in [7, 11) is 0. The molecule has 1 aromatic rings. The number of carboxylic acids is 1. The molecule has 0 saturated carbocycles. The molecule has 2 amide bonds. The monoisotopic (exact) mass is 320 g/mol. The van der Waals surface area contributed by atoms with Crippen molar-refractivity contribution in [2.45, 2.75) is 31.9 Å². The number of likely N-dealkylation sites (tertiary alicyclic amines) is 1. The number of carboxylic acid groups (broad SMARTS) is 1. The molecule has 0 unspecified atom stereocenters. The summed E-state index contributed by atoms with van der Waals surface area (Å²) in [6.07, 6.45) is 0.630. The van der Waals surface area contributed by atoms with Gasteiger partial charge in [-0.25, -0.2) is 9.59 Å². The Kier molecular flexibility index (Phi) is 5.96. The fourth-order valence-corrected chi connectivity index (χ4v) is 2.51. The second-order valence-corrected chi connectivity index (χ2v) is 5.32. The summed E-state index contributed by atoms with van der Waals surface area (Å²) in [5.74, 6) is -1.25. The minimum atomic E-state index is -0.980. The van der Waals surface area contributed by atoms with Crippen molar-refractivity contribution in [1.29, 1.82) is 0 Å². The Morgan fingerprint density at radius 3 is 2.70 bits per heavy atom. The fourth-order valence-electron chi connectivity index (χ4n) is 2.51. The summed E-state index contributed by atoms with van der Waals surface area (Å²) in [6.45, 7) is 0.734. The summed E-state index contributed by atoms with van der Waals surface area (Å²) in [6, 6.07) is 8.52. The first-order chi connectivity index (χ1) is 11.1. The van der Waals surface area contributed by atoms with Crippen LogP contribution in [0.3, 0.4) is 0 Å². The number of rotatable bonds is 6. The van der Waals surface area contributed by atoms with Gasteiger partial charge in [-0.15, -0.1) is 0 Å². The molecule has 7 heteroatoms. The normalized spacial score (nSPS) is 16.9. The number of amides is 2. The van der Waals surface area contributed by atoms with Gasteiger partial charge >= 0.3 is 12.1 Å². The average Bonchev–Trinajstić information content (AvgIpc) is 3.04. The molecule has 0 aromatic heterocycles. The number of benzene rings is 1. The molecule has 0 aliphatic carbocycles. The van der Waals surface area contributed by atoms with Crippen molar-refractivity contribution < 1.29 is 24.2 Å². The third-order valence-electron chi connectivity index (χ3n) is 3.68. The van der Waals surface area contributed by atoms with Crippen LogP contribution in [0.2, 0.25) is 0 Å². The average molecular weight is 320 g/mol. The standard InChI is InChI=1S/C16H20N2O5/c19-14(18-10-4-7-13(18)15(20)21)8-9-17-16(22)23-11-12-5-2-1-3-6-12/h1-3,5-6,13H,4,7-11H2,(H,17,22)(H,20,21)/t13-/m0/s1. The van der Waals surface area contributed by atoms with Gasteiger partial charge in [0.25, 0.3) is 0 Å². The summed E-state index contributed by atoms with van der Waals surface area (Å²) in [5.41, 5.74) is 0.875. The summed E-state index contributed by atoms with van der Waals surface area (Å²) in [5, 5.41) is 11.5. The van der Waals surface area contributed by atoms with Crippen LogP contribution in [0.1, 0.15) is 24.8 Å². The van der Waals surface area contributed by atoms with Crippen LogP contribution in [0.25, 0.3) is 0 Å². The Balaban J connectivity index is 1.67. The van der Waals surface area contributed by atoms with Crippen LogP contribution in [0.4, 0.5) is 4.79 Å². The van der Waals surface area contributed by atoms with Crippen molar-refractivity contribution >= 4 is 18.0 Å². The number of aliphatic carboxylic acids is 1. The van der Waals surface area contributed by atoms with Crippen molar-refractivity contribution in [3.05, 3.63) is 35.9 Å². The van der Waals surface area contributed by atoms with Crippen molar-refractivity contribution in [2.24, 2.45) is 0 Å². The largest absolute Gasteiger partial charge is 0.480 e. The lowest BCUT2D eigenvalue weighted by molar-refractivity contribution is -0.148. The molecule has 2 rings (SSSR count). The Hall–Kier alpha value is -2.57. The Morgan fingerprint density at radius 2 is 2.00 bits per heavy atom. The molecule has 1 fully saturated rings. The van der Waals surface area contributed by atoms with E-state index < -0.39 is 18.1 Å². The van der Waals surface area contributed by atoms with Crippen molar-refractivity contribution in [1.82, 2.24) is 10.2 Å². The number of nitrogens with one attached hydrogen (secondary N) is 1. The summed E-state index contributed by atoms with van der Waals surface area (Å²) < 4.78 is 5.03. The van der Waals surface area contributed by atoms with Crippen molar-refractivity contribution in [2.75, 3.05) is 13.1 Å². The van der Waals surface area contributed by atoms with Crippen LogP contribution in [-0.2, 0) is 20.9 Å². The molecule has 1 aromatic carbocycles. The Labute approximate surface area is 134 Å². The molecule has 1 atom stereocenters. The lowest BCUT2D eigenvalue weighted by atomic mass is 10.2. The van der Waals surface area contributed by atoms with Gasteiger partial charge in [0.05, 0.1) is 0 Å². The lowest BCUT2D eigenvalue weighted by Gasteiger charge is -2.21. The highest BCUT2D eigenvalue weighted by Crippen LogP contribution is 2.18. The smallest absolute Gasteiger partial charge is 0.407 e. The molecular weight excluding hydrogens is 300 g/mol. The van der Waals surface area contributed by atoms with E-state index >= 15 is 0 Å². The van der Waals surface area contributed by atoms with Gasteiger partial charge in [-0.05, 0) is 18.4 Å². The number of alkyl carbamates (subject to hydrolysis) is 1. The zero-order valence-corrected chi connectivity index (χ0v) is 12.7. The first-order valence-corrected chi connectivity index (χ1v) is 7.55. The van der Waals surface area contributed by atoms with E-state index in [-0.39, 0.29) is 25.5 Å². The predicted molar refractivity (Wildman–Crippen MR) is 81.6 cm³/mol. The summed E-state index contributed by atoms with van der Waals surface area (Å²) >= 11 is 0. The molecule has 1 aliphatic rings. The van der Waals surface area contributed by atoms with E-state index in [4.69, 9.17) is 9.84 Å². The third kappa shape index (κ3) is 4.98. The highest BCUT2D eigenvalue weighted by molar-refractivity contribution is 5.84. The van der Waals surface area contributed by atoms with E-state index in [1.165, 1.54) is 4.90 Å². The van der Waals surface area contributed by atoms with Crippen LogP contribution in [-0.4, -0.2) is 47.1 Å². The zero-order chi connectivity index (χ0) is 16.7. The molecule has 23 heavy (non-hydrogen) atoms. The molecule has 0 spiro atoms. The van der Waals surface area contributed by atoms with Gasteiger partial charge < -0.3 is 20.1 Å². The van der Waals surface area contributed by atoms with Crippen LogP contribution in [0, 0.1) is 0 Å². The quantitative estimate of drug-likeness (QED) is 0.825. The predicted octanol–water partition coefficient (Wildman–Crippen LogP) is 1.38. The van der Waals surface area contributed by atoms with E-state index in [2.05, 4.69) is 5.32 Å². The number of ether oxygens (including phenoxy) is 1. The number of nitrogens with zero attached hydrogens (tertiary/aromatic N) is 1. The van der Waals surface area contributed by atoms with Crippen LogP contribution in [0.15, 0.2) is 30.3 Å². The zero-order valence-electron chi connectivity index (χ0n) is 12.7. The van der Waals surface area contributed by atoms with E-state index in [1.807, 2.05) is 30.3 Å². The molecule has 1 saturated heterocycles. The molecule has 1 heterocycles. The maximum absolute atomic E-state index is 12.0. The van der Waals surface area contributed by atoms with E-state index in [0.717, 1.165) is 5.56 Å². The molecule has 0 bridgehead atoms. The maximum atomic E-state index is 12.0. The SMILES string of the molecule is O=C(NCCC(=O)N1CCC[C@H]1C(=O)O)OCc1ccccc1. The minimum Gasteiger partial charge on any atom is -0.480 e. The molecule has 0 radical (unpaired) electrons. The molecule has 7 nitrogen and oxygen atoms in total. The van der Waals surface area contributed by atoms with Gasteiger partial charge in [0, 0.05) is 19.5 Å². The molecule has 2 N–H and O–H groups in total. The third-order valence-corrected chi connectivity index (χ3v) is 3.68. The maximum Gasteiger partial charge on any atom is 0.407 e. The van der Waals surface area contributed by atoms with E-state index in [0.29, 0.717) is 19.4 Å². The van der Waals surface area contributed by atoms with Crippen molar-refractivity contribution in [3.8, 4) is 0 Å². The fraction of sp³-hybridized carbons (Fsp3) is 0.438. The Morgan fingerprint density at radius 1 is 1.26 bits per heavy atom. The lowest BCUT2D eigenvalue weighted by Crippen LogP contribution is -2.41. The molecule has 1 aliphatic heterocycles. The van der Waals surface area contributed by atoms with Gasteiger partial charge in [0.15, 0.2) is 0 Å². The van der Waals surface area contributed by atoms with Gasteiger partial charge in [0.2, 0.25) is 5.91 Å². The number of hydrogen-bond donors (Lipinski definition) is 2. The number of carbonyl (C=O) groups excluding carboxylic acids is 2. The van der Waals surface area contributed by atoms with Gasteiger partial charge in [-0.1, -0.05) is 30.3 Å². The minimum absolute atomic E-state index is 0.0597. The highest BCUT2D eigenvalue weighted by Gasteiger charge is 2.33. The molecular formula is C16H20N2O5. The van der Waals surface area contributed by atoms with Crippen LogP contribution in [0.5, 0.6) is 0 Å². The first kappa shape index (κ1) is 16.8. The topological polar surface area (TPSA) is 95.9 Å². The van der Waals surface area contributed by atoms with Gasteiger partial charge in [-0.3, -0.25) is 4.79 Å². The first-order valence-electron chi connectivity index (χ1n) is 7.55. The summed E-state index contributed by atoms with van der Waals surface area (Å²) in [4.78, 5) is 35.9. The number of hydrogen-bond acceptors (Lipinski definition) is 4. The van der Waals surface area contributed by atoms with Gasteiger partial charge in [-0.2, -0.15) is 0 Å². The van der Waals surface area contributed by atoms with Crippen molar-refractivity contribution in [3.63, 3.8) is 0 Å². The van der Waals surface area contributed by atoms with Crippen LogP contribution >= 0.6 is 0 Å². The Bertz CT molecular complexity index is 561. The van der Waals surface area contributed by atoms with Crippen LogP contribution < -0.4 is 5.32 Å². The number of carbonyl (C=O) groups is 3. The van der Waals surface area contributed by atoms with E-state index in [9.17, 15) is 14.4 Å². The molecule has 124 valence electrons. The highest BCUT2D eigenvalue weighted by atomic mass is 16.5. The second-order valence-electron chi connectivity index (χ2n) is 5.32. The second kappa shape index (κ2) is 8.17.